The van der Waals surface area contributed by atoms with E-state index in [9.17, 15) is 4.79 Å². The summed E-state index contributed by atoms with van der Waals surface area (Å²) in [5.74, 6) is 0.145. The molecular formula is C17H27ClN2O. The van der Waals surface area contributed by atoms with Crippen molar-refractivity contribution < 1.29 is 4.79 Å². The fraction of sp³-hybridized carbons (Fsp3) is 0.588. The quantitative estimate of drug-likeness (QED) is 0.863. The molecule has 1 aromatic carbocycles. The second-order valence-electron chi connectivity index (χ2n) is 6.81. The molecule has 1 amide bonds. The highest BCUT2D eigenvalue weighted by molar-refractivity contribution is 5.94. The van der Waals surface area contributed by atoms with E-state index in [0.29, 0.717) is 6.04 Å². The standard InChI is InChI=1S/C17H26N2O.ClH/c1-12-13(2)19(11-10-18-12)16(20)14-6-8-15(9-7-14)17(3,4)5;/h6-9,12-13,18H,10-11H2,1-5H3;1H. The van der Waals surface area contributed by atoms with Gasteiger partial charge in [-0.05, 0) is 37.0 Å². The highest BCUT2D eigenvalue weighted by Crippen LogP contribution is 2.23. The Hall–Kier alpha value is -1.06. The van der Waals surface area contributed by atoms with Crippen LogP contribution in [-0.4, -0.2) is 36.0 Å². The molecule has 118 valence electrons. The Labute approximate surface area is 134 Å². The molecule has 4 heteroatoms. The lowest BCUT2D eigenvalue weighted by atomic mass is 9.86. The van der Waals surface area contributed by atoms with E-state index in [2.05, 4.69) is 52.1 Å². The second kappa shape index (κ2) is 6.80. The van der Waals surface area contributed by atoms with Gasteiger partial charge in [0.05, 0.1) is 0 Å². The Kier molecular flexibility index (Phi) is 5.83. The molecule has 2 atom stereocenters. The van der Waals surface area contributed by atoms with Gasteiger partial charge in [0.2, 0.25) is 0 Å². The van der Waals surface area contributed by atoms with Crippen LogP contribution in [0.3, 0.4) is 0 Å². The van der Waals surface area contributed by atoms with E-state index in [1.54, 1.807) is 0 Å². The molecule has 0 radical (unpaired) electrons. The number of nitrogens with one attached hydrogen (secondary N) is 1. The van der Waals surface area contributed by atoms with Gasteiger partial charge in [-0.1, -0.05) is 32.9 Å². The number of rotatable bonds is 1. The van der Waals surface area contributed by atoms with Gasteiger partial charge in [-0.3, -0.25) is 4.79 Å². The lowest BCUT2D eigenvalue weighted by Gasteiger charge is -2.38. The van der Waals surface area contributed by atoms with Gasteiger partial charge in [-0.2, -0.15) is 0 Å². The van der Waals surface area contributed by atoms with Crippen LogP contribution in [0.15, 0.2) is 24.3 Å². The van der Waals surface area contributed by atoms with Crippen LogP contribution >= 0.6 is 12.4 Å². The second-order valence-corrected chi connectivity index (χ2v) is 6.81. The summed E-state index contributed by atoms with van der Waals surface area (Å²) in [4.78, 5) is 14.6. The van der Waals surface area contributed by atoms with Crippen LogP contribution in [0.25, 0.3) is 0 Å². The van der Waals surface area contributed by atoms with Crippen LogP contribution in [0.1, 0.15) is 50.5 Å². The summed E-state index contributed by atoms with van der Waals surface area (Å²) in [6.07, 6.45) is 0. The average molecular weight is 311 g/mol. The molecule has 0 aromatic heterocycles. The molecule has 2 unspecified atom stereocenters. The van der Waals surface area contributed by atoms with Gasteiger partial charge in [0, 0.05) is 30.7 Å². The SMILES string of the molecule is CC1NCCN(C(=O)c2ccc(C(C)(C)C)cc2)C1C.Cl. The zero-order chi connectivity index (χ0) is 14.9. The number of hydrogen-bond donors (Lipinski definition) is 1. The Morgan fingerprint density at radius 3 is 2.29 bits per heavy atom. The molecule has 1 aliphatic heterocycles. The van der Waals surface area contributed by atoms with E-state index in [-0.39, 0.29) is 29.8 Å². The fourth-order valence-electron chi connectivity index (χ4n) is 2.62. The van der Waals surface area contributed by atoms with Crippen LogP contribution in [0.5, 0.6) is 0 Å². The molecule has 2 rings (SSSR count). The first-order valence-corrected chi connectivity index (χ1v) is 7.45. The summed E-state index contributed by atoms with van der Waals surface area (Å²) in [6, 6.07) is 8.65. The Bertz CT molecular complexity index is 479. The van der Waals surface area contributed by atoms with Crippen LogP contribution < -0.4 is 5.32 Å². The number of carbonyl (C=O) groups is 1. The third-order valence-electron chi connectivity index (χ3n) is 4.29. The van der Waals surface area contributed by atoms with Crippen LogP contribution in [0.4, 0.5) is 0 Å². The zero-order valence-electron chi connectivity index (χ0n) is 13.6. The van der Waals surface area contributed by atoms with Crippen LogP contribution in [-0.2, 0) is 5.41 Å². The minimum atomic E-state index is 0. The third-order valence-corrected chi connectivity index (χ3v) is 4.29. The van der Waals surface area contributed by atoms with E-state index >= 15 is 0 Å². The number of amides is 1. The van der Waals surface area contributed by atoms with Crippen molar-refractivity contribution in [1.29, 1.82) is 0 Å². The minimum absolute atomic E-state index is 0. The van der Waals surface area contributed by atoms with Gasteiger partial charge in [0.25, 0.3) is 5.91 Å². The van der Waals surface area contributed by atoms with Gasteiger partial charge in [-0.25, -0.2) is 0 Å². The Morgan fingerprint density at radius 1 is 1.19 bits per heavy atom. The Morgan fingerprint density at radius 2 is 1.76 bits per heavy atom. The molecule has 3 nitrogen and oxygen atoms in total. The van der Waals surface area contributed by atoms with Gasteiger partial charge in [0.1, 0.15) is 0 Å². The van der Waals surface area contributed by atoms with Gasteiger partial charge < -0.3 is 10.2 Å². The van der Waals surface area contributed by atoms with Crippen molar-refractivity contribution in [2.75, 3.05) is 13.1 Å². The number of carbonyl (C=O) groups excluding carboxylic acids is 1. The first-order chi connectivity index (χ1) is 9.30. The smallest absolute Gasteiger partial charge is 0.254 e. The van der Waals surface area contributed by atoms with Crippen molar-refractivity contribution in [3.05, 3.63) is 35.4 Å². The number of nitrogens with zero attached hydrogens (tertiary/aromatic N) is 1. The number of hydrogen-bond acceptors (Lipinski definition) is 2. The van der Waals surface area contributed by atoms with E-state index < -0.39 is 0 Å². The van der Waals surface area contributed by atoms with Crippen LogP contribution in [0, 0.1) is 0 Å². The molecule has 1 fully saturated rings. The van der Waals surface area contributed by atoms with Gasteiger partial charge in [0.15, 0.2) is 0 Å². The van der Waals surface area contributed by atoms with Crippen LogP contribution in [0.2, 0.25) is 0 Å². The normalized spacial score (nSPS) is 22.6. The molecule has 1 aromatic rings. The predicted molar refractivity (Wildman–Crippen MR) is 90.4 cm³/mol. The highest BCUT2D eigenvalue weighted by Gasteiger charge is 2.28. The molecular weight excluding hydrogens is 284 g/mol. The largest absolute Gasteiger partial charge is 0.333 e. The van der Waals surface area contributed by atoms with Crippen molar-refractivity contribution in [2.45, 2.75) is 52.1 Å². The number of piperazine rings is 1. The number of benzene rings is 1. The predicted octanol–water partition coefficient (Wildman–Crippen LogP) is 3.23. The maximum absolute atomic E-state index is 12.6. The van der Waals surface area contributed by atoms with Crippen molar-refractivity contribution >= 4 is 18.3 Å². The molecule has 0 saturated carbocycles. The molecule has 0 bridgehead atoms. The van der Waals surface area contributed by atoms with Crippen molar-refractivity contribution in [2.24, 2.45) is 0 Å². The molecule has 1 heterocycles. The molecule has 1 aliphatic rings. The summed E-state index contributed by atoms with van der Waals surface area (Å²) in [7, 11) is 0. The van der Waals surface area contributed by atoms with Crippen molar-refractivity contribution in [3.8, 4) is 0 Å². The molecule has 21 heavy (non-hydrogen) atoms. The molecule has 1 saturated heterocycles. The maximum atomic E-state index is 12.6. The van der Waals surface area contributed by atoms with E-state index in [4.69, 9.17) is 0 Å². The van der Waals surface area contributed by atoms with Crippen molar-refractivity contribution in [1.82, 2.24) is 10.2 Å². The average Bonchev–Trinajstić information content (AvgIpc) is 2.40. The van der Waals surface area contributed by atoms with E-state index in [1.165, 1.54) is 5.56 Å². The summed E-state index contributed by atoms with van der Waals surface area (Å²) >= 11 is 0. The summed E-state index contributed by atoms with van der Waals surface area (Å²) in [5, 5.41) is 3.40. The molecule has 0 spiro atoms. The summed E-state index contributed by atoms with van der Waals surface area (Å²) < 4.78 is 0. The lowest BCUT2D eigenvalue weighted by Crippen LogP contribution is -2.57. The Balaban J connectivity index is 0.00000220. The zero-order valence-corrected chi connectivity index (χ0v) is 14.5. The summed E-state index contributed by atoms with van der Waals surface area (Å²) in [5.41, 5.74) is 2.17. The van der Waals surface area contributed by atoms with Crippen molar-refractivity contribution in [3.63, 3.8) is 0 Å². The van der Waals surface area contributed by atoms with E-state index in [0.717, 1.165) is 18.7 Å². The first-order valence-electron chi connectivity index (χ1n) is 7.45. The highest BCUT2D eigenvalue weighted by atomic mass is 35.5. The summed E-state index contributed by atoms with van der Waals surface area (Å²) in [6.45, 7) is 12.4. The monoisotopic (exact) mass is 310 g/mol. The maximum Gasteiger partial charge on any atom is 0.254 e. The topological polar surface area (TPSA) is 32.3 Å². The number of halogens is 1. The fourth-order valence-corrected chi connectivity index (χ4v) is 2.62. The van der Waals surface area contributed by atoms with Gasteiger partial charge >= 0.3 is 0 Å². The van der Waals surface area contributed by atoms with Gasteiger partial charge in [-0.15, -0.1) is 12.4 Å². The minimum Gasteiger partial charge on any atom is -0.333 e. The third kappa shape index (κ3) is 3.98. The lowest BCUT2D eigenvalue weighted by molar-refractivity contribution is 0.0603. The molecule has 1 N–H and O–H groups in total. The first kappa shape index (κ1) is 18.0. The van der Waals surface area contributed by atoms with E-state index in [1.807, 2.05) is 17.0 Å². The molecule has 0 aliphatic carbocycles.